The van der Waals surface area contributed by atoms with Gasteiger partial charge >= 0.3 is 6.03 Å². The van der Waals surface area contributed by atoms with Crippen molar-refractivity contribution in [1.82, 2.24) is 5.32 Å². The molecule has 0 saturated carbocycles. The van der Waals surface area contributed by atoms with E-state index in [1.165, 1.54) is 0 Å². The van der Waals surface area contributed by atoms with Crippen LogP contribution in [0.4, 0.5) is 10.5 Å². The van der Waals surface area contributed by atoms with Crippen molar-refractivity contribution in [2.75, 3.05) is 12.4 Å². The first-order valence-electron chi connectivity index (χ1n) is 6.63. The van der Waals surface area contributed by atoms with E-state index in [9.17, 15) is 4.79 Å². The number of aryl methyl sites for hydroxylation is 1. The van der Waals surface area contributed by atoms with Crippen molar-refractivity contribution in [2.24, 2.45) is 0 Å². The molecule has 0 aliphatic carbocycles. The Morgan fingerprint density at radius 1 is 1.10 bits per heavy atom. The predicted octanol–water partition coefficient (Wildman–Crippen LogP) is 3.80. The quantitative estimate of drug-likeness (QED) is 0.896. The van der Waals surface area contributed by atoms with Crippen molar-refractivity contribution >= 4 is 17.8 Å². The van der Waals surface area contributed by atoms with Crippen LogP contribution >= 0.6 is 0 Å². The van der Waals surface area contributed by atoms with Gasteiger partial charge in [0.1, 0.15) is 5.75 Å². The second-order valence-corrected chi connectivity index (χ2v) is 4.52. The lowest BCUT2D eigenvalue weighted by Crippen LogP contribution is -2.24. The highest BCUT2D eigenvalue weighted by Crippen LogP contribution is 2.13. The maximum Gasteiger partial charge on any atom is 0.323 e. The molecule has 0 aliphatic heterocycles. The molecule has 4 heteroatoms. The Hall–Kier alpha value is -2.75. The lowest BCUT2D eigenvalue weighted by atomic mass is 10.2. The van der Waals surface area contributed by atoms with E-state index in [-0.39, 0.29) is 6.03 Å². The van der Waals surface area contributed by atoms with E-state index in [1.807, 2.05) is 61.5 Å². The average Bonchev–Trinajstić information content (AvgIpc) is 2.50. The number of methoxy groups -OCH3 is 1. The zero-order chi connectivity index (χ0) is 15.1. The molecule has 0 radical (unpaired) electrons. The van der Waals surface area contributed by atoms with Gasteiger partial charge in [0.15, 0.2) is 0 Å². The average molecular weight is 282 g/mol. The molecule has 2 amide bonds. The van der Waals surface area contributed by atoms with Gasteiger partial charge in [0.25, 0.3) is 0 Å². The molecule has 0 atom stereocenters. The summed E-state index contributed by atoms with van der Waals surface area (Å²) in [4.78, 5) is 11.8. The van der Waals surface area contributed by atoms with E-state index in [0.717, 1.165) is 22.6 Å². The molecule has 0 aromatic heterocycles. The summed E-state index contributed by atoms with van der Waals surface area (Å²) in [6, 6.07) is 14.9. The maximum atomic E-state index is 11.8. The molecule has 4 nitrogen and oxygen atoms in total. The number of hydrogen-bond acceptors (Lipinski definition) is 2. The number of benzene rings is 2. The number of amides is 2. The molecule has 0 bridgehead atoms. The number of ether oxygens (including phenoxy) is 1. The molecule has 0 aliphatic rings. The molecule has 2 N–H and O–H groups in total. The van der Waals surface area contributed by atoms with Crippen molar-refractivity contribution in [3.63, 3.8) is 0 Å². The third kappa shape index (κ3) is 4.38. The van der Waals surface area contributed by atoms with Crippen LogP contribution in [-0.4, -0.2) is 13.1 Å². The van der Waals surface area contributed by atoms with Gasteiger partial charge in [-0.3, -0.25) is 0 Å². The van der Waals surface area contributed by atoms with Gasteiger partial charge in [-0.15, -0.1) is 0 Å². The third-order valence-corrected chi connectivity index (χ3v) is 3.00. The smallest absolute Gasteiger partial charge is 0.323 e. The van der Waals surface area contributed by atoms with Crippen LogP contribution in [0.15, 0.2) is 54.7 Å². The Labute approximate surface area is 124 Å². The second kappa shape index (κ2) is 7.14. The molecule has 2 rings (SSSR count). The molecular formula is C17H18N2O2. The number of para-hydroxylation sites is 1. The molecule has 108 valence electrons. The van der Waals surface area contributed by atoms with Crippen LogP contribution in [0, 0.1) is 6.92 Å². The Kier molecular flexibility index (Phi) is 4.99. The first kappa shape index (κ1) is 14.7. The molecule has 2 aromatic rings. The SMILES string of the molecule is COc1ccc(/C=C/NC(=O)Nc2ccccc2C)cc1. The summed E-state index contributed by atoms with van der Waals surface area (Å²) >= 11 is 0. The van der Waals surface area contributed by atoms with E-state index in [0.29, 0.717) is 0 Å². The van der Waals surface area contributed by atoms with E-state index < -0.39 is 0 Å². The summed E-state index contributed by atoms with van der Waals surface area (Å²) in [7, 11) is 1.63. The third-order valence-electron chi connectivity index (χ3n) is 3.00. The van der Waals surface area contributed by atoms with Gasteiger partial charge < -0.3 is 15.4 Å². The fourth-order valence-electron chi connectivity index (χ4n) is 1.80. The van der Waals surface area contributed by atoms with Crippen molar-refractivity contribution < 1.29 is 9.53 Å². The number of rotatable bonds is 4. The fraction of sp³-hybridized carbons (Fsp3) is 0.118. The monoisotopic (exact) mass is 282 g/mol. The Morgan fingerprint density at radius 2 is 1.81 bits per heavy atom. The minimum Gasteiger partial charge on any atom is -0.497 e. The van der Waals surface area contributed by atoms with Crippen LogP contribution in [0.25, 0.3) is 6.08 Å². The van der Waals surface area contributed by atoms with Crippen molar-refractivity contribution in [3.8, 4) is 5.75 Å². The Bertz CT molecular complexity index is 633. The zero-order valence-electron chi connectivity index (χ0n) is 12.1. The zero-order valence-corrected chi connectivity index (χ0v) is 12.1. The van der Waals surface area contributed by atoms with Crippen molar-refractivity contribution in [1.29, 1.82) is 0 Å². The number of carbonyl (C=O) groups is 1. The normalized spacial score (nSPS) is 10.4. The van der Waals surface area contributed by atoms with Crippen LogP contribution in [0.1, 0.15) is 11.1 Å². The molecule has 0 fully saturated rings. The maximum absolute atomic E-state index is 11.8. The number of anilines is 1. The van der Waals surface area contributed by atoms with Crippen LogP contribution in [0.3, 0.4) is 0 Å². The molecule has 0 unspecified atom stereocenters. The minimum absolute atomic E-state index is 0.269. The molecule has 21 heavy (non-hydrogen) atoms. The Morgan fingerprint density at radius 3 is 2.48 bits per heavy atom. The van der Waals surface area contributed by atoms with Gasteiger partial charge in [0.2, 0.25) is 0 Å². The van der Waals surface area contributed by atoms with Gasteiger partial charge in [0, 0.05) is 11.9 Å². The lowest BCUT2D eigenvalue weighted by molar-refractivity contribution is 0.255. The molecular weight excluding hydrogens is 264 g/mol. The van der Waals surface area contributed by atoms with Crippen LogP contribution in [-0.2, 0) is 0 Å². The van der Waals surface area contributed by atoms with Crippen LogP contribution < -0.4 is 15.4 Å². The number of hydrogen-bond donors (Lipinski definition) is 2. The van der Waals surface area contributed by atoms with E-state index in [2.05, 4.69) is 10.6 Å². The van der Waals surface area contributed by atoms with Gasteiger partial charge in [-0.1, -0.05) is 30.3 Å². The van der Waals surface area contributed by atoms with Crippen molar-refractivity contribution in [3.05, 3.63) is 65.9 Å². The second-order valence-electron chi connectivity index (χ2n) is 4.52. The van der Waals surface area contributed by atoms with E-state index >= 15 is 0 Å². The van der Waals surface area contributed by atoms with E-state index in [1.54, 1.807) is 13.3 Å². The minimum atomic E-state index is -0.269. The number of carbonyl (C=O) groups excluding carboxylic acids is 1. The number of nitrogens with one attached hydrogen (secondary N) is 2. The summed E-state index contributed by atoms with van der Waals surface area (Å²) in [5.74, 6) is 0.803. The highest BCUT2D eigenvalue weighted by molar-refractivity contribution is 5.91. The standard InChI is InChI=1S/C17H18N2O2/c1-13-5-3-4-6-16(13)19-17(20)18-12-11-14-7-9-15(21-2)10-8-14/h3-12H,1-2H3,(H2,18,19,20)/b12-11+. The Balaban J connectivity index is 1.88. The summed E-state index contributed by atoms with van der Waals surface area (Å²) in [6.45, 7) is 1.95. The lowest BCUT2D eigenvalue weighted by Gasteiger charge is -2.07. The highest BCUT2D eigenvalue weighted by atomic mass is 16.5. The summed E-state index contributed by atoms with van der Waals surface area (Å²) < 4.78 is 5.09. The van der Waals surface area contributed by atoms with Crippen LogP contribution in [0.2, 0.25) is 0 Å². The van der Waals surface area contributed by atoms with Gasteiger partial charge in [-0.2, -0.15) is 0 Å². The summed E-state index contributed by atoms with van der Waals surface area (Å²) in [5, 5.41) is 5.47. The number of urea groups is 1. The van der Waals surface area contributed by atoms with Gasteiger partial charge in [-0.05, 0) is 42.3 Å². The summed E-state index contributed by atoms with van der Waals surface area (Å²) in [5.41, 5.74) is 2.80. The first-order valence-corrected chi connectivity index (χ1v) is 6.63. The largest absolute Gasteiger partial charge is 0.497 e. The fourth-order valence-corrected chi connectivity index (χ4v) is 1.80. The van der Waals surface area contributed by atoms with Gasteiger partial charge in [0.05, 0.1) is 7.11 Å². The van der Waals surface area contributed by atoms with E-state index in [4.69, 9.17) is 4.74 Å². The first-order chi connectivity index (χ1) is 10.2. The topological polar surface area (TPSA) is 50.4 Å². The van der Waals surface area contributed by atoms with Crippen molar-refractivity contribution in [2.45, 2.75) is 6.92 Å². The highest BCUT2D eigenvalue weighted by Gasteiger charge is 2.01. The van der Waals surface area contributed by atoms with Gasteiger partial charge in [-0.25, -0.2) is 4.79 Å². The molecule has 0 saturated heterocycles. The molecule has 2 aromatic carbocycles. The molecule has 0 heterocycles. The molecule has 0 spiro atoms. The van der Waals surface area contributed by atoms with Crippen LogP contribution in [0.5, 0.6) is 5.75 Å². The summed E-state index contributed by atoms with van der Waals surface area (Å²) in [6.07, 6.45) is 3.42. The predicted molar refractivity (Wildman–Crippen MR) is 85.4 cm³/mol.